The number of hydrogen-bond acceptors (Lipinski definition) is 4. The minimum absolute atomic E-state index is 0.0102. The first-order valence-electron chi connectivity index (χ1n) is 5.58. The highest BCUT2D eigenvalue weighted by atomic mass is 79.9. The number of rotatable bonds is 3. The minimum atomic E-state index is 0.0102. The van der Waals surface area contributed by atoms with Gasteiger partial charge in [-0.3, -0.25) is 9.69 Å². The molecule has 1 fully saturated rings. The van der Waals surface area contributed by atoms with Crippen LogP contribution < -0.4 is 10.6 Å². The van der Waals surface area contributed by atoms with Crippen molar-refractivity contribution in [3.63, 3.8) is 0 Å². The van der Waals surface area contributed by atoms with Gasteiger partial charge in [0.05, 0.1) is 18.4 Å². The molecule has 0 aliphatic carbocycles. The SMILES string of the molecule is O=C(CN1CCNCC1)Nc1ccc(Br)nc1. The lowest BCUT2D eigenvalue weighted by molar-refractivity contribution is -0.117. The maximum Gasteiger partial charge on any atom is 0.238 e. The van der Waals surface area contributed by atoms with Crippen LogP contribution in [0.1, 0.15) is 0 Å². The number of carbonyl (C=O) groups is 1. The third kappa shape index (κ3) is 4.07. The van der Waals surface area contributed by atoms with E-state index in [-0.39, 0.29) is 5.91 Å². The van der Waals surface area contributed by atoms with Crippen molar-refractivity contribution in [2.45, 2.75) is 0 Å². The van der Waals surface area contributed by atoms with E-state index in [0.29, 0.717) is 6.54 Å². The molecule has 1 aliphatic rings. The summed E-state index contributed by atoms with van der Waals surface area (Å²) < 4.78 is 0.762. The number of nitrogens with one attached hydrogen (secondary N) is 2. The highest BCUT2D eigenvalue weighted by Gasteiger charge is 2.13. The van der Waals surface area contributed by atoms with Crippen LogP contribution in [0, 0.1) is 0 Å². The van der Waals surface area contributed by atoms with Crippen molar-refractivity contribution in [3.8, 4) is 0 Å². The molecule has 0 unspecified atom stereocenters. The van der Waals surface area contributed by atoms with E-state index < -0.39 is 0 Å². The summed E-state index contributed by atoms with van der Waals surface area (Å²) in [6, 6.07) is 3.63. The van der Waals surface area contributed by atoms with Crippen molar-refractivity contribution in [2.24, 2.45) is 0 Å². The highest BCUT2D eigenvalue weighted by Crippen LogP contribution is 2.10. The second kappa shape index (κ2) is 6.09. The van der Waals surface area contributed by atoms with Crippen LogP contribution in [0.25, 0.3) is 0 Å². The van der Waals surface area contributed by atoms with E-state index in [1.54, 1.807) is 12.3 Å². The van der Waals surface area contributed by atoms with Crippen molar-refractivity contribution in [3.05, 3.63) is 22.9 Å². The van der Waals surface area contributed by atoms with Gasteiger partial charge in [0, 0.05) is 26.2 Å². The van der Waals surface area contributed by atoms with Gasteiger partial charge < -0.3 is 10.6 Å². The van der Waals surface area contributed by atoms with Crippen LogP contribution in [0.2, 0.25) is 0 Å². The Morgan fingerprint density at radius 2 is 2.24 bits per heavy atom. The molecule has 17 heavy (non-hydrogen) atoms. The number of halogens is 1. The molecular formula is C11H15BrN4O. The fourth-order valence-corrected chi connectivity index (χ4v) is 1.96. The first kappa shape index (κ1) is 12.5. The van der Waals surface area contributed by atoms with Crippen LogP contribution in [0.5, 0.6) is 0 Å². The molecule has 0 saturated carbocycles. The number of carbonyl (C=O) groups excluding carboxylic acids is 1. The van der Waals surface area contributed by atoms with Crippen molar-refractivity contribution in [1.29, 1.82) is 0 Å². The average Bonchev–Trinajstić information content (AvgIpc) is 2.33. The lowest BCUT2D eigenvalue weighted by Gasteiger charge is -2.26. The molecule has 0 bridgehead atoms. The molecule has 0 spiro atoms. The molecule has 2 N–H and O–H groups in total. The zero-order valence-corrected chi connectivity index (χ0v) is 11.0. The molecule has 5 nitrogen and oxygen atoms in total. The van der Waals surface area contributed by atoms with Gasteiger partial charge in [-0.05, 0) is 28.1 Å². The monoisotopic (exact) mass is 298 g/mol. The van der Waals surface area contributed by atoms with Crippen molar-refractivity contribution in [2.75, 3.05) is 38.0 Å². The predicted molar refractivity (Wildman–Crippen MR) is 69.9 cm³/mol. The lowest BCUT2D eigenvalue weighted by atomic mass is 10.3. The van der Waals surface area contributed by atoms with Gasteiger partial charge in [0.15, 0.2) is 0 Å². The maximum atomic E-state index is 11.8. The maximum absolute atomic E-state index is 11.8. The van der Waals surface area contributed by atoms with Gasteiger partial charge >= 0.3 is 0 Å². The number of nitrogens with zero attached hydrogens (tertiary/aromatic N) is 2. The Balaban J connectivity index is 1.82. The third-order valence-electron chi connectivity index (χ3n) is 2.59. The molecule has 6 heteroatoms. The second-order valence-electron chi connectivity index (χ2n) is 3.94. The van der Waals surface area contributed by atoms with Gasteiger partial charge in [0.25, 0.3) is 0 Å². The van der Waals surface area contributed by atoms with Crippen LogP contribution in [0.15, 0.2) is 22.9 Å². The van der Waals surface area contributed by atoms with Crippen molar-refractivity contribution in [1.82, 2.24) is 15.2 Å². The van der Waals surface area contributed by atoms with Crippen LogP contribution >= 0.6 is 15.9 Å². The third-order valence-corrected chi connectivity index (χ3v) is 3.06. The molecule has 0 aromatic carbocycles. The summed E-state index contributed by atoms with van der Waals surface area (Å²) in [4.78, 5) is 17.9. The molecular weight excluding hydrogens is 284 g/mol. The van der Waals surface area contributed by atoms with Crippen LogP contribution in [0.4, 0.5) is 5.69 Å². The van der Waals surface area contributed by atoms with Crippen LogP contribution in [-0.2, 0) is 4.79 Å². The summed E-state index contributed by atoms with van der Waals surface area (Å²) in [7, 11) is 0. The molecule has 92 valence electrons. The molecule has 1 aliphatic heterocycles. The highest BCUT2D eigenvalue weighted by molar-refractivity contribution is 9.10. The number of aromatic nitrogens is 1. The number of piperazine rings is 1. The first-order chi connectivity index (χ1) is 8.24. The zero-order valence-electron chi connectivity index (χ0n) is 9.45. The summed E-state index contributed by atoms with van der Waals surface area (Å²) in [5.41, 5.74) is 0.730. The molecule has 2 heterocycles. The van der Waals surface area contributed by atoms with Crippen LogP contribution in [-0.4, -0.2) is 48.5 Å². The number of anilines is 1. The number of amides is 1. The van der Waals surface area contributed by atoms with Gasteiger partial charge in [-0.25, -0.2) is 4.98 Å². The molecule has 1 saturated heterocycles. The fraction of sp³-hybridized carbons (Fsp3) is 0.455. The van der Waals surface area contributed by atoms with Crippen molar-refractivity contribution < 1.29 is 4.79 Å². The Hall–Kier alpha value is -0.980. The number of hydrogen-bond donors (Lipinski definition) is 2. The van der Waals surface area contributed by atoms with E-state index in [1.165, 1.54) is 0 Å². The van der Waals surface area contributed by atoms with Gasteiger partial charge in [-0.15, -0.1) is 0 Å². The summed E-state index contributed by atoms with van der Waals surface area (Å²) >= 11 is 3.25. The fourth-order valence-electron chi connectivity index (χ4n) is 1.72. The summed E-state index contributed by atoms with van der Waals surface area (Å²) in [6.07, 6.45) is 1.64. The summed E-state index contributed by atoms with van der Waals surface area (Å²) in [5.74, 6) is 0.0102. The van der Waals surface area contributed by atoms with E-state index in [9.17, 15) is 4.79 Å². The van der Waals surface area contributed by atoms with Gasteiger partial charge in [0.1, 0.15) is 4.60 Å². The molecule has 0 radical (unpaired) electrons. The largest absolute Gasteiger partial charge is 0.324 e. The lowest BCUT2D eigenvalue weighted by Crippen LogP contribution is -2.46. The Morgan fingerprint density at radius 1 is 1.47 bits per heavy atom. The van der Waals surface area contributed by atoms with Crippen molar-refractivity contribution >= 4 is 27.5 Å². The second-order valence-corrected chi connectivity index (χ2v) is 4.76. The molecule has 1 aromatic heterocycles. The zero-order chi connectivity index (χ0) is 12.1. The predicted octanol–water partition coefficient (Wildman–Crippen LogP) is 0.688. The van der Waals surface area contributed by atoms with Gasteiger partial charge in [0.2, 0.25) is 5.91 Å². The topological polar surface area (TPSA) is 57.3 Å². The first-order valence-corrected chi connectivity index (χ1v) is 6.38. The Labute approximate surface area is 109 Å². The van der Waals surface area contributed by atoms with E-state index >= 15 is 0 Å². The van der Waals surface area contributed by atoms with E-state index in [4.69, 9.17) is 0 Å². The van der Waals surface area contributed by atoms with Gasteiger partial charge in [-0.1, -0.05) is 0 Å². The normalized spacial score (nSPS) is 16.8. The molecule has 0 atom stereocenters. The Kier molecular flexibility index (Phi) is 4.47. The standard InChI is InChI=1S/C11H15BrN4O/c12-10-2-1-9(7-14-10)15-11(17)8-16-5-3-13-4-6-16/h1-2,7,13H,3-6,8H2,(H,15,17). The molecule has 1 aromatic rings. The minimum Gasteiger partial charge on any atom is -0.324 e. The molecule has 1 amide bonds. The number of pyridine rings is 1. The summed E-state index contributed by atoms with van der Waals surface area (Å²) in [6.45, 7) is 4.19. The quantitative estimate of drug-likeness (QED) is 0.806. The average molecular weight is 299 g/mol. The Morgan fingerprint density at radius 3 is 2.88 bits per heavy atom. The Bertz CT molecular complexity index is 376. The summed E-state index contributed by atoms with van der Waals surface area (Å²) in [5, 5.41) is 6.09. The smallest absolute Gasteiger partial charge is 0.238 e. The van der Waals surface area contributed by atoms with E-state index in [0.717, 1.165) is 36.5 Å². The molecule has 2 rings (SSSR count). The van der Waals surface area contributed by atoms with Gasteiger partial charge in [-0.2, -0.15) is 0 Å². The van der Waals surface area contributed by atoms with E-state index in [2.05, 4.69) is 36.4 Å². The van der Waals surface area contributed by atoms with Crippen LogP contribution in [0.3, 0.4) is 0 Å². The van der Waals surface area contributed by atoms with E-state index in [1.807, 2.05) is 6.07 Å².